The fraction of sp³-hybridized carbons (Fsp3) is 0.125. The van der Waals surface area contributed by atoms with Gasteiger partial charge in [0.15, 0.2) is 6.20 Å². The molecule has 2 aromatic carbocycles. The molecular weight excluding hydrogens is 334 g/mol. The van der Waals surface area contributed by atoms with E-state index in [-0.39, 0.29) is 0 Å². The first-order chi connectivity index (χ1) is 12.8. The zero-order valence-corrected chi connectivity index (χ0v) is 15.5. The number of allylic oxidation sites excluding steroid dienone is 2. The summed E-state index contributed by atoms with van der Waals surface area (Å²) >= 11 is 1.93. The molecule has 2 aliphatic heterocycles. The van der Waals surface area contributed by atoms with Crippen LogP contribution in [0.5, 0.6) is 0 Å². The van der Waals surface area contributed by atoms with E-state index in [1.54, 1.807) is 0 Å². The Morgan fingerprint density at radius 1 is 0.808 bits per heavy atom. The lowest BCUT2D eigenvalue weighted by Crippen LogP contribution is -2.44. The Hall–Kier alpha value is -2.58. The zero-order chi connectivity index (χ0) is 17.5. The molecule has 0 fully saturated rings. The summed E-state index contributed by atoms with van der Waals surface area (Å²) in [5.74, 6) is 0.403. The standard InChI is InChI=1S/C24H20NS/c1-17-12-13-21-24-20(14-15-26-24)22(18-8-4-2-5-9-18)23(25(21)16-17)19-10-6-3-7-11-19/h2-16,20,24H,1H3/q+1/t20-,24?/m1/s1. The number of benzene rings is 2. The smallest absolute Gasteiger partial charge is 0.162 e. The van der Waals surface area contributed by atoms with Gasteiger partial charge in [0.05, 0.1) is 0 Å². The average molecular weight is 354 g/mol. The predicted molar refractivity (Wildman–Crippen MR) is 109 cm³/mol. The van der Waals surface area contributed by atoms with Crippen molar-refractivity contribution in [2.75, 3.05) is 0 Å². The number of aryl methyl sites for hydroxylation is 1. The van der Waals surface area contributed by atoms with Gasteiger partial charge in [0.2, 0.25) is 11.4 Å². The van der Waals surface area contributed by atoms with Gasteiger partial charge in [-0.15, -0.1) is 11.8 Å². The normalized spacial score (nSPS) is 20.8. The highest BCUT2D eigenvalue weighted by Gasteiger charge is 2.43. The van der Waals surface area contributed by atoms with E-state index < -0.39 is 0 Å². The Bertz CT molecular complexity index is 1020. The van der Waals surface area contributed by atoms with Crippen molar-refractivity contribution < 1.29 is 4.57 Å². The fourth-order valence-electron chi connectivity index (χ4n) is 4.07. The summed E-state index contributed by atoms with van der Waals surface area (Å²) in [6.07, 6.45) is 4.67. The van der Waals surface area contributed by atoms with Gasteiger partial charge in [0, 0.05) is 28.7 Å². The van der Waals surface area contributed by atoms with Crippen LogP contribution in [0.15, 0.2) is 90.5 Å². The van der Waals surface area contributed by atoms with E-state index >= 15 is 0 Å². The van der Waals surface area contributed by atoms with Crippen molar-refractivity contribution in [2.24, 2.45) is 5.92 Å². The highest BCUT2D eigenvalue weighted by molar-refractivity contribution is 8.02. The lowest BCUT2D eigenvalue weighted by Gasteiger charge is -2.27. The lowest BCUT2D eigenvalue weighted by atomic mass is 9.82. The van der Waals surface area contributed by atoms with Crippen LogP contribution >= 0.6 is 11.8 Å². The molecular formula is C24H20NS+. The van der Waals surface area contributed by atoms with Crippen molar-refractivity contribution in [1.29, 1.82) is 0 Å². The molecule has 26 heavy (non-hydrogen) atoms. The Kier molecular flexibility index (Phi) is 3.79. The van der Waals surface area contributed by atoms with Crippen LogP contribution in [-0.2, 0) is 0 Å². The number of hydrogen-bond donors (Lipinski definition) is 0. The average Bonchev–Trinajstić information content (AvgIpc) is 3.17. The first kappa shape index (κ1) is 15.7. The van der Waals surface area contributed by atoms with Crippen LogP contribution in [0, 0.1) is 12.8 Å². The van der Waals surface area contributed by atoms with Gasteiger partial charge >= 0.3 is 0 Å². The number of pyridine rings is 1. The van der Waals surface area contributed by atoms with Crippen LogP contribution in [0.25, 0.3) is 11.3 Å². The van der Waals surface area contributed by atoms with E-state index in [4.69, 9.17) is 0 Å². The highest BCUT2D eigenvalue weighted by Crippen LogP contribution is 2.52. The van der Waals surface area contributed by atoms with Crippen molar-refractivity contribution in [3.63, 3.8) is 0 Å². The van der Waals surface area contributed by atoms with Gasteiger partial charge in [-0.25, -0.2) is 0 Å². The minimum Gasteiger partial charge on any atom is -0.162 e. The molecule has 0 aliphatic carbocycles. The van der Waals surface area contributed by atoms with Gasteiger partial charge in [-0.05, 0) is 36.1 Å². The first-order valence-corrected chi connectivity index (χ1v) is 9.97. The number of fused-ring (bicyclic) bond motifs is 3. The molecule has 2 heteroatoms. The molecule has 2 atom stereocenters. The minimum absolute atomic E-state index is 0.403. The Morgan fingerprint density at radius 2 is 1.50 bits per heavy atom. The Morgan fingerprint density at radius 3 is 2.23 bits per heavy atom. The molecule has 0 saturated carbocycles. The summed E-state index contributed by atoms with van der Waals surface area (Å²) in [6.45, 7) is 2.17. The third-order valence-corrected chi connectivity index (χ3v) is 6.36. The van der Waals surface area contributed by atoms with E-state index in [2.05, 4.69) is 102 Å². The third kappa shape index (κ3) is 2.45. The van der Waals surface area contributed by atoms with Crippen molar-refractivity contribution in [1.82, 2.24) is 0 Å². The quantitative estimate of drug-likeness (QED) is 0.539. The van der Waals surface area contributed by atoms with Crippen LogP contribution in [0.1, 0.15) is 27.6 Å². The maximum atomic E-state index is 2.42. The molecule has 3 aromatic rings. The van der Waals surface area contributed by atoms with Crippen LogP contribution in [0.3, 0.4) is 0 Å². The fourth-order valence-corrected chi connectivity index (χ4v) is 5.23. The summed E-state index contributed by atoms with van der Waals surface area (Å²) in [6, 6.07) is 26.2. The second-order valence-corrected chi connectivity index (χ2v) is 7.96. The Labute approximate surface area is 158 Å². The Balaban J connectivity index is 1.88. The van der Waals surface area contributed by atoms with Crippen LogP contribution < -0.4 is 4.57 Å². The van der Waals surface area contributed by atoms with Gasteiger partial charge in [-0.3, -0.25) is 0 Å². The SMILES string of the molecule is Cc1ccc2[n+](c1)C(c1ccccc1)=C(c1ccccc1)[C@H]1C=CSC21. The minimum atomic E-state index is 0.403. The molecule has 0 N–H and O–H groups in total. The lowest BCUT2D eigenvalue weighted by molar-refractivity contribution is -0.590. The molecule has 3 heterocycles. The number of nitrogens with zero attached hydrogens (tertiary/aromatic N) is 1. The van der Waals surface area contributed by atoms with Gasteiger partial charge in [-0.1, -0.05) is 54.6 Å². The van der Waals surface area contributed by atoms with Crippen molar-refractivity contribution in [3.8, 4) is 0 Å². The molecule has 2 aliphatic rings. The topological polar surface area (TPSA) is 3.88 Å². The molecule has 0 amide bonds. The van der Waals surface area contributed by atoms with Gasteiger partial charge in [0.25, 0.3) is 0 Å². The van der Waals surface area contributed by atoms with Crippen molar-refractivity contribution in [3.05, 3.63) is 113 Å². The van der Waals surface area contributed by atoms with Crippen LogP contribution in [0.2, 0.25) is 0 Å². The molecule has 0 radical (unpaired) electrons. The van der Waals surface area contributed by atoms with E-state index in [0.29, 0.717) is 11.2 Å². The summed E-state index contributed by atoms with van der Waals surface area (Å²) in [5.41, 5.74) is 7.98. The summed E-state index contributed by atoms with van der Waals surface area (Å²) in [4.78, 5) is 0. The van der Waals surface area contributed by atoms with Crippen LogP contribution in [-0.4, -0.2) is 0 Å². The monoisotopic (exact) mass is 354 g/mol. The predicted octanol–water partition coefficient (Wildman–Crippen LogP) is 5.63. The van der Waals surface area contributed by atoms with Gasteiger partial charge in [-0.2, -0.15) is 4.57 Å². The molecule has 0 spiro atoms. The molecule has 126 valence electrons. The molecule has 5 rings (SSSR count). The zero-order valence-electron chi connectivity index (χ0n) is 14.7. The van der Waals surface area contributed by atoms with Crippen molar-refractivity contribution >= 4 is 23.0 Å². The molecule has 0 bridgehead atoms. The summed E-state index contributed by atoms with van der Waals surface area (Å²) in [5, 5.41) is 2.72. The summed E-state index contributed by atoms with van der Waals surface area (Å²) < 4.78 is 2.42. The van der Waals surface area contributed by atoms with Crippen molar-refractivity contribution in [2.45, 2.75) is 12.2 Å². The number of hydrogen-bond acceptors (Lipinski definition) is 1. The molecule has 0 saturated heterocycles. The van der Waals surface area contributed by atoms with Gasteiger partial charge in [0.1, 0.15) is 5.25 Å². The molecule has 1 aromatic heterocycles. The number of thioether (sulfide) groups is 1. The van der Waals surface area contributed by atoms with E-state index in [1.807, 2.05) is 11.8 Å². The first-order valence-electron chi connectivity index (χ1n) is 9.02. The number of rotatable bonds is 2. The molecule has 1 nitrogen and oxygen atoms in total. The highest BCUT2D eigenvalue weighted by atomic mass is 32.2. The summed E-state index contributed by atoms with van der Waals surface area (Å²) in [7, 11) is 0. The second kappa shape index (κ2) is 6.30. The maximum absolute atomic E-state index is 2.42. The second-order valence-electron chi connectivity index (χ2n) is 6.91. The number of aromatic nitrogens is 1. The van der Waals surface area contributed by atoms with E-state index in [9.17, 15) is 0 Å². The molecule has 1 unspecified atom stereocenters. The maximum Gasteiger partial charge on any atom is 0.222 e. The van der Waals surface area contributed by atoms with E-state index in [1.165, 1.54) is 33.7 Å². The van der Waals surface area contributed by atoms with Crippen LogP contribution in [0.4, 0.5) is 0 Å². The largest absolute Gasteiger partial charge is 0.222 e. The van der Waals surface area contributed by atoms with Gasteiger partial charge < -0.3 is 0 Å². The van der Waals surface area contributed by atoms with E-state index in [0.717, 1.165) is 0 Å². The third-order valence-electron chi connectivity index (χ3n) is 5.22.